The second-order valence-corrected chi connectivity index (χ2v) is 7.18. The smallest absolute Gasteiger partial charge is 0.317 e. The van der Waals surface area contributed by atoms with Crippen LogP contribution < -0.4 is 15.0 Å². The maximum absolute atomic E-state index is 12.6. The molecule has 154 valence electrons. The molecule has 0 aliphatic carbocycles. The lowest BCUT2D eigenvalue weighted by molar-refractivity contribution is 0.194. The molecule has 6 heteroatoms. The second kappa shape index (κ2) is 9.22. The molecule has 0 atom stereocenters. The summed E-state index contributed by atoms with van der Waals surface area (Å²) in [6.45, 7) is 3.02. The van der Waals surface area contributed by atoms with Gasteiger partial charge in [-0.05, 0) is 42.0 Å². The van der Waals surface area contributed by atoms with Gasteiger partial charge >= 0.3 is 6.03 Å². The molecule has 1 aliphatic rings. The van der Waals surface area contributed by atoms with E-state index in [1.807, 2.05) is 72.8 Å². The maximum Gasteiger partial charge on any atom is 0.317 e. The normalized spacial score (nSPS) is 13.7. The van der Waals surface area contributed by atoms with E-state index >= 15 is 0 Å². The summed E-state index contributed by atoms with van der Waals surface area (Å²) in [4.78, 5) is 16.5. The van der Waals surface area contributed by atoms with E-state index in [1.54, 1.807) is 11.0 Å². The van der Waals surface area contributed by atoms with Gasteiger partial charge in [-0.3, -0.25) is 0 Å². The number of phenols is 1. The van der Waals surface area contributed by atoms with E-state index < -0.39 is 0 Å². The van der Waals surface area contributed by atoms with Crippen molar-refractivity contribution >= 4 is 11.7 Å². The molecule has 0 aromatic heterocycles. The van der Waals surface area contributed by atoms with Gasteiger partial charge in [-0.1, -0.05) is 42.5 Å². The van der Waals surface area contributed by atoms with E-state index in [9.17, 15) is 9.90 Å². The fourth-order valence-corrected chi connectivity index (χ4v) is 3.52. The summed E-state index contributed by atoms with van der Waals surface area (Å²) in [6.07, 6.45) is 0. The molecule has 3 aromatic carbocycles. The minimum atomic E-state index is -0.0821. The molecule has 0 spiro atoms. The van der Waals surface area contributed by atoms with Gasteiger partial charge in [0.05, 0.1) is 5.69 Å². The zero-order valence-electron chi connectivity index (χ0n) is 16.7. The zero-order chi connectivity index (χ0) is 20.8. The number of carbonyl (C=O) groups excluding carboxylic acids is 1. The SMILES string of the molecule is O=C(NCc1cccc(Oc2ccccc2)c1)N1CCN(c2ccccc2O)CC1. The van der Waals surface area contributed by atoms with Crippen LogP contribution in [0.1, 0.15) is 5.56 Å². The van der Waals surface area contributed by atoms with E-state index in [1.165, 1.54) is 0 Å². The first-order chi connectivity index (χ1) is 14.7. The summed E-state index contributed by atoms with van der Waals surface area (Å²) in [6, 6.07) is 24.6. The number of carbonyl (C=O) groups is 1. The molecular formula is C24H25N3O3. The van der Waals surface area contributed by atoms with Crippen molar-refractivity contribution in [1.29, 1.82) is 0 Å². The minimum absolute atomic E-state index is 0.0821. The third-order valence-corrected chi connectivity index (χ3v) is 5.11. The molecule has 3 aromatic rings. The Morgan fingerprint density at radius 1 is 0.867 bits per heavy atom. The Morgan fingerprint density at radius 2 is 1.57 bits per heavy atom. The quantitative estimate of drug-likeness (QED) is 0.670. The molecule has 2 N–H and O–H groups in total. The molecule has 0 saturated carbocycles. The van der Waals surface area contributed by atoms with Crippen LogP contribution in [0.3, 0.4) is 0 Å². The van der Waals surface area contributed by atoms with Crippen LogP contribution >= 0.6 is 0 Å². The highest BCUT2D eigenvalue weighted by Gasteiger charge is 2.22. The molecule has 0 unspecified atom stereocenters. The molecule has 4 rings (SSSR count). The number of anilines is 1. The molecule has 1 heterocycles. The lowest BCUT2D eigenvalue weighted by Gasteiger charge is -2.36. The average molecular weight is 403 g/mol. The van der Waals surface area contributed by atoms with Crippen molar-refractivity contribution in [2.45, 2.75) is 6.54 Å². The third-order valence-electron chi connectivity index (χ3n) is 5.11. The van der Waals surface area contributed by atoms with Crippen LogP contribution in [0.4, 0.5) is 10.5 Å². The summed E-state index contributed by atoms with van der Waals surface area (Å²) in [7, 11) is 0. The van der Waals surface area contributed by atoms with Crippen molar-refractivity contribution in [1.82, 2.24) is 10.2 Å². The molecule has 0 radical (unpaired) electrons. The van der Waals surface area contributed by atoms with Gasteiger partial charge in [0.15, 0.2) is 0 Å². The average Bonchev–Trinajstić information content (AvgIpc) is 2.79. The number of urea groups is 1. The number of hydrogen-bond donors (Lipinski definition) is 2. The molecule has 1 fully saturated rings. The van der Waals surface area contributed by atoms with Crippen LogP contribution in [0, 0.1) is 0 Å². The summed E-state index contributed by atoms with van der Waals surface area (Å²) in [5, 5.41) is 13.0. The number of hydrogen-bond acceptors (Lipinski definition) is 4. The number of amides is 2. The number of ether oxygens (including phenoxy) is 1. The first-order valence-electron chi connectivity index (χ1n) is 10.1. The first kappa shape index (κ1) is 19.6. The molecule has 1 saturated heterocycles. The zero-order valence-corrected chi connectivity index (χ0v) is 16.7. The number of nitrogens with one attached hydrogen (secondary N) is 1. The molecule has 2 amide bonds. The lowest BCUT2D eigenvalue weighted by atomic mass is 10.2. The summed E-state index contributed by atoms with van der Waals surface area (Å²) in [5.41, 5.74) is 1.79. The number of benzene rings is 3. The Morgan fingerprint density at radius 3 is 2.33 bits per heavy atom. The fourth-order valence-electron chi connectivity index (χ4n) is 3.52. The predicted molar refractivity (Wildman–Crippen MR) is 117 cm³/mol. The van der Waals surface area contributed by atoms with E-state index in [-0.39, 0.29) is 11.8 Å². The van der Waals surface area contributed by atoms with Crippen LogP contribution in [0.2, 0.25) is 0 Å². The number of para-hydroxylation sites is 3. The van der Waals surface area contributed by atoms with Gasteiger partial charge < -0.3 is 25.0 Å². The van der Waals surface area contributed by atoms with Gasteiger partial charge in [0.1, 0.15) is 17.2 Å². The van der Waals surface area contributed by atoms with Crippen LogP contribution in [0.25, 0.3) is 0 Å². The minimum Gasteiger partial charge on any atom is -0.506 e. The van der Waals surface area contributed by atoms with Crippen molar-refractivity contribution in [2.75, 3.05) is 31.1 Å². The first-order valence-corrected chi connectivity index (χ1v) is 10.1. The van der Waals surface area contributed by atoms with Crippen LogP contribution in [-0.4, -0.2) is 42.2 Å². The van der Waals surface area contributed by atoms with Crippen LogP contribution in [0.15, 0.2) is 78.9 Å². The number of phenolic OH excluding ortho intramolecular Hbond substituents is 1. The van der Waals surface area contributed by atoms with Crippen LogP contribution in [0.5, 0.6) is 17.2 Å². The Kier molecular flexibility index (Phi) is 6.03. The fraction of sp³-hybridized carbons (Fsp3) is 0.208. The predicted octanol–water partition coefficient (Wildman–Crippen LogP) is 4.22. The Bertz CT molecular complexity index is 986. The largest absolute Gasteiger partial charge is 0.506 e. The maximum atomic E-state index is 12.6. The molecular weight excluding hydrogens is 378 g/mol. The molecule has 6 nitrogen and oxygen atoms in total. The van der Waals surface area contributed by atoms with E-state index in [0.29, 0.717) is 32.7 Å². The van der Waals surface area contributed by atoms with Gasteiger partial charge in [-0.25, -0.2) is 4.79 Å². The van der Waals surface area contributed by atoms with Crippen molar-refractivity contribution in [2.24, 2.45) is 0 Å². The Hall–Kier alpha value is -3.67. The number of nitrogens with zero attached hydrogens (tertiary/aromatic N) is 2. The number of rotatable bonds is 5. The van der Waals surface area contributed by atoms with Gasteiger partial charge in [-0.2, -0.15) is 0 Å². The number of aromatic hydroxyl groups is 1. The van der Waals surface area contributed by atoms with E-state index in [2.05, 4.69) is 10.2 Å². The monoisotopic (exact) mass is 403 g/mol. The van der Waals surface area contributed by atoms with E-state index in [0.717, 1.165) is 22.7 Å². The highest BCUT2D eigenvalue weighted by molar-refractivity contribution is 5.74. The highest BCUT2D eigenvalue weighted by atomic mass is 16.5. The van der Waals surface area contributed by atoms with Gasteiger partial charge in [0.2, 0.25) is 0 Å². The van der Waals surface area contributed by atoms with Gasteiger partial charge in [0, 0.05) is 32.7 Å². The Balaban J connectivity index is 1.28. The van der Waals surface area contributed by atoms with Crippen molar-refractivity contribution in [3.05, 3.63) is 84.4 Å². The highest BCUT2D eigenvalue weighted by Crippen LogP contribution is 2.27. The third kappa shape index (κ3) is 4.84. The summed E-state index contributed by atoms with van der Waals surface area (Å²) >= 11 is 0. The molecule has 30 heavy (non-hydrogen) atoms. The van der Waals surface area contributed by atoms with Crippen molar-refractivity contribution in [3.63, 3.8) is 0 Å². The van der Waals surface area contributed by atoms with Crippen molar-refractivity contribution in [3.8, 4) is 17.2 Å². The number of piperazine rings is 1. The van der Waals surface area contributed by atoms with Crippen molar-refractivity contribution < 1.29 is 14.6 Å². The standard InChI is InChI=1S/C24H25N3O3/c28-23-12-5-4-11-22(23)26-13-15-27(16-14-26)24(29)25-18-19-7-6-10-21(17-19)30-20-8-2-1-3-9-20/h1-12,17,28H,13-16,18H2,(H,25,29). The summed E-state index contributed by atoms with van der Waals surface area (Å²) < 4.78 is 5.86. The molecule has 0 bridgehead atoms. The van der Waals surface area contributed by atoms with E-state index in [4.69, 9.17) is 4.74 Å². The van der Waals surface area contributed by atoms with Gasteiger partial charge in [-0.15, -0.1) is 0 Å². The second-order valence-electron chi connectivity index (χ2n) is 7.18. The lowest BCUT2D eigenvalue weighted by Crippen LogP contribution is -2.51. The summed E-state index contributed by atoms with van der Waals surface area (Å²) in [5.74, 6) is 1.79. The topological polar surface area (TPSA) is 65.0 Å². The van der Waals surface area contributed by atoms with Crippen LogP contribution in [-0.2, 0) is 6.54 Å². The van der Waals surface area contributed by atoms with Gasteiger partial charge in [0.25, 0.3) is 0 Å². The Labute approximate surface area is 176 Å². The molecule has 1 aliphatic heterocycles.